The monoisotopic (exact) mass is 336 g/mol. The fourth-order valence-corrected chi connectivity index (χ4v) is 4.60. The number of aromatic nitrogens is 1. The van der Waals surface area contributed by atoms with Crippen LogP contribution in [0.3, 0.4) is 0 Å². The van der Waals surface area contributed by atoms with Gasteiger partial charge in [-0.05, 0) is 32.2 Å². The van der Waals surface area contributed by atoms with Crippen molar-refractivity contribution in [3.63, 3.8) is 0 Å². The summed E-state index contributed by atoms with van der Waals surface area (Å²) in [7, 11) is 2.19. The van der Waals surface area contributed by atoms with E-state index in [4.69, 9.17) is 9.72 Å². The van der Waals surface area contributed by atoms with Gasteiger partial charge in [0.05, 0.1) is 18.9 Å². The van der Waals surface area contributed by atoms with Crippen molar-refractivity contribution in [2.45, 2.75) is 44.3 Å². The lowest BCUT2D eigenvalue weighted by Crippen LogP contribution is -2.44. The molecule has 1 aromatic heterocycles. The smallest absolute Gasteiger partial charge is 0.185 e. The summed E-state index contributed by atoms with van der Waals surface area (Å²) in [5.41, 5.74) is 1.26. The highest BCUT2D eigenvalue weighted by Crippen LogP contribution is 2.32. The predicted molar refractivity (Wildman–Crippen MR) is 94.2 cm³/mol. The van der Waals surface area contributed by atoms with E-state index in [-0.39, 0.29) is 0 Å². The molecule has 3 heterocycles. The van der Waals surface area contributed by atoms with E-state index in [0.29, 0.717) is 6.04 Å². The Morgan fingerprint density at radius 2 is 2.09 bits per heavy atom. The molecule has 1 aliphatic carbocycles. The van der Waals surface area contributed by atoms with Crippen molar-refractivity contribution in [2.24, 2.45) is 0 Å². The SMILES string of the molecule is CN(c1nc(CN2CCC[C@H]2CN2CCOCC2)cs1)C1CC1. The third-order valence-electron chi connectivity index (χ3n) is 5.37. The second-order valence-electron chi connectivity index (χ2n) is 7.14. The summed E-state index contributed by atoms with van der Waals surface area (Å²) in [5, 5.41) is 3.46. The summed E-state index contributed by atoms with van der Waals surface area (Å²) >= 11 is 1.81. The van der Waals surface area contributed by atoms with Crippen LogP contribution in [0.1, 0.15) is 31.4 Å². The van der Waals surface area contributed by atoms with E-state index in [9.17, 15) is 0 Å². The van der Waals surface area contributed by atoms with Crippen LogP contribution in [0.4, 0.5) is 5.13 Å². The van der Waals surface area contributed by atoms with Gasteiger partial charge in [-0.3, -0.25) is 9.80 Å². The fourth-order valence-electron chi connectivity index (χ4n) is 3.75. The number of morpholine rings is 1. The first-order chi connectivity index (χ1) is 11.3. The molecule has 2 saturated heterocycles. The van der Waals surface area contributed by atoms with Gasteiger partial charge in [0.15, 0.2) is 5.13 Å². The molecule has 0 bridgehead atoms. The molecular formula is C17H28N4OS. The number of hydrogen-bond donors (Lipinski definition) is 0. The van der Waals surface area contributed by atoms with Gasteiger partial charge in [0.2, 0.25) is 0 Å². The van der Waals surface area contributed by atoms with Crippen LogP contribution in [0.15, 0.2) is 5.38 Å². The van der Waals surface area contributed by atoms with Crippen molar-refractivity contribution in [3.8, 4) is 0 Å². The van der Waals surface area contributed by atoms with Crippen LogP contribution in [0.25, 0.3) is 0 Å². The molecule has 1 saturated carbocycles. The summed E-state index contributed by atoms with van der Waals surface area (Å²) in [4.78, 5) is 12.5. The highest BCUT2D eigenvalue weighted by atomic mass is 32.1. The highest BCUT2D eigenvalue weighted by Gasteiger charge is 2.30. The van der Waals surface area contributed by atoms with E-state index < -0.39 is 0 Å². The Balaban J connectivity index is 1.33. The van der Waals surface area contributed by atoms with Gasteiger partial charge in [0.25, 0.3) is 0 Å². The minimum absolute atomic E-state index is 0.694. The lowest BCUT2D eigenvalue weighted by atomic mass is 10.2. The lowest BCUT2D eigenvalue weighted by molar-refractivity contribution is 0.0261. The number of hydrogen-bond acceptors (Lipinski definition) is 6. The zero-order valence-electron chi connectivity index (χ0n) is 14.1. The Hall–Kier alpha value is -0.690. The van der Waals surface area contributed by atoms with Crippen LogP contribution in [0, 0.1) is 0 Å². The van der Waals surface area contributed by atoms with Gasteiger partial charge in [-0.2, -0.15) is 0 Å². The number of likely N-dealkylation sites (tertiary alicyclic amines) is 1. The Labute approximate surface area is 143 Å². The average Bonchev–Trinajstić information content (AvgIpc) is 3.18. The minimum atomic E-state index is 0.694. The van der Waals surface area contributed by atoms with Crippen LogP contribution in [-0.4, -0.2) is 73.3 Å². The molecule has 0 radical (unpaired) electrons. The summed E-state index contributed by atoms with van der Waals surface area (Å²) in [6.07, 6.45) is 5.32. The summed E-state index contributed by atoms with van der Waals surface area (Å²) < 4.78 is 5.47. The summed E-state index contributed by atoms with van der Waals surface area (Å²) in [6.45, 7) is 7.42. The zero-order valence-corrected chi connectivity index (χ0v) is 14.9. The first kappa shape index (κ1) is 15.8. The zero-order chi connectivity index (χ0) is 15.6. The van der Waals surface area contributed by atoms with Crippen molar-refractivity contribution in [3.05, 3.63) is 11.1 Å². The molecule has 0 spiro atoms. The molecule has 4 rings (SSSR count). The van der Waals surface area contributed by atoms with E-state index in [1.807, 2.05) is 11.3 Å². The Morgan fingerprint density at radius 1 is 1.26 bits per heavy atom. The number of anilines is 1. The fraction of sp³-hybridized carbons (Fsp3) is 0.824. The molecule has 2 aliphatic heterocycles. The highest BCUT2D eigenvalue weighted by molar-refractivity contribution is 7.13. The largest absolute Gasteiger partial charge is 0.379 e. The standard InChI is InChI=1S/C17H28N4OS/c1-19(15-4-5-15)17-18-14(13-23-17)11-21-6-2-3-16(21)12-20-7-9-22-10-8-20/h13,15-16H,2-12H2,1H3/t16-/m0/s1. The van der Waals surface area contributed by atoms with E-state index in [0.717, 1.165) is 38.9 Å². The molecule has 0 amide bonds. The van der Waals surface area contributed by atoms with Crippen LogP contribution in [0.2, 0.25) is 0 Å². The van der Waals surface area contributed by atoms with Crippen LogP contribution in [0.5, 0.6) is 0 Å². The number of rotatable bonds is 6. The van der Waals surface area contributed by atoms with Gasteiger partial charge in [-0.15, -0.1) is 11.3 Å². The Bertz CT molecular complexity index is 512. The molecule has 0 N–H and O–H groups in total. The van der Waals surface area contributed by atoms with Crippen LogP contribution < -0.4 is 4.90 Å². The average molecular weight is 337 g/mol. The van der Waals surface area contributed by atoms with Crippen molar-refractivity contribution in [2.75, 3.05) is 51.3 Å². The Morgan fingerprint density at radius 3 is 2.87 bits per heavy atom. The third-order valence-corrected chi connectivity index (χ3v) is 6.35. The summed E-state index contributed by atoms with van der Waals surface area (Å²) in [6, 6.07) is 1.44. The van der Waals surface area contributed by atoms with Gasteiger partial charge >= 0.3 is 0 Å². The molecule has 23 heavy (non-hydrogen) atoms. The molecule has 1 aromatic rings. The first-order valence-corrected chi connectivity index (χ1v) is 9.89. The molecule has 128 valence electrons. The minimum Gasteiger partial charge on any atom is -0.379 e. The van der Waals surface area contributed by atoms with Crippen molar-refractivity contribution in [1.82, 2.24) is 14.8 Å². The van der Waals surface area contributed by atoms with Gasteiger partial charge in [0, 0.05) is 50.7 Å². The van der Waals surface area contributed by atoms with Gasteiger partial charge in [-0.1, -0.05) is 0 Å². The van der Waals surface area contributed by atoms with Crippen molar-refractivity contribution < 1.29 is 4.74 Å². The molecule has 1 atom stereocenters. The maximum absolute atomic E-state index is 5.47. The van der Waals surface area contributed by atoms with E-state index in [1.165, 1.54) is 49.6 Å². The number of thiazole rings is 1. The first-order valence-electron chi connectivity index (χ1n) is 9.01. The molecule has 5 nitrogen and oxygen atoms in total. The lowest BCUT2D eigenvalue weighted by Gasteiger charge is -2.32. The molecule has 3 fully saturated rings. The molecule has 6 heteroatoms. The van der Waals surface area contributed by atoms with Gasteiger partial charge in [-0.25, -0.2) is 4.98 Å². The second kappa shape index (κ2) is 7.05. The molecule has 0 unspecified atom stereocenters. The van der Waals surface area contributed by atoms with Crippen LogP contribution in [-0.2, 0) is 11.3 Å². The van der Waals surface area contributed by atoms with Crippen LogP contribution >= 0.6 is 11.3 Å². The maximum atomic E-state index is 5.47. The maximum Gasteiger partial charge on any atom is 0.185 e. The van der Waals surface area contributed by atoms with E-state index in [1.54, 1.807) is 0 Å². The van der Waals surface area contributed by atoms with E-state index >= 15 is 0 Å². The quantitative estimate of drug-likeness (QED) is 0.794. The Kier molecular flexibility index (Phi) is 4.85. The third kappa shape index (κ3) is 3.87. The second-order valence-corrected chi connectivity index (χ2v) is 7.98. The topological polar surface area (TPSA) is 31.8 Å². The molecular weight excluding hydrogens is 308 g/mol. The number of nitrogens with zero attached hydrogens (tertiary/aromatic N) is 4. The van der Waals surface area contributed by atoms with Gasteiger partial charge in [0.1, 0.15) is 0 Å². The summed E-state index contributed by atoms with van der Waals surface area (Å²) in [5.74, 6) is 0. The van der Waals surface area contributed by atoms with Crippen molar-refractivity contribution in [1.29, 1.82) is 0 Å². The number of ether oxygens (including phenoxy) is 1. The molecule has 0 aromatic carbocycles. The van der Waals surface area contributed by atoms with Gasteiger partial charge < -0.3 is 9.64 Å². The predicted octanol–water partition coefficient (Wildman–Crippen LogP) is 2.04. The normalized spacial score (nSPS) is 26.7. The van der Waals surface area contributed by atoms with E-state index in [2.05, 4.69) is 27.1 Å². The molecule has 3 aliphatic rings. The van der Waals surface area contributed by atoms with Crippen molar-refractivity contribution >= 4 is 16.5 Å².